The summed E-state index contributed by atoms with van der Waals surface area (Å²) < 4.78 is 16.8. The highest BCUT2D eigenvalue weighted by atomic mass is 16.5. The van der Waals surface area contributed by atoms with E-state index in [4.69, 9.17) is 14.2 Å². The van der Waals surface area contributed by atoms with Gasteiger partial charge in [0.1, 0.15) is 17.8 Å². The number of methoxy groups -OCH3 is 2. The van der Waals surface area contributed by atoms with Crippen LogP contribution in [0.5, 0.6) is 11.5 Å². The zero-order valence-electron chi connectivity index (χ0n) is 15.2. The molecule has 0 unspecified atom stereocenters. The predicted molar refractivity (Wildman–Crippen MR) is 97.6 cm³/mol. The number of esters is 1. The number of para-hydroxylation sites is 1. The highest BCUT2D eigenvalue weighted by molar-refractivity contribution is 5.97. The summed E-state index contributed by atoms with van der Waals surface area (Å²) in [6.45, 7) is -0.474. The highest BCUT2D eigenvalue weighted by Gasteiger charge is 2.17. The Kier molecular flexibility index (Phi) is 5.80. The number of hydrogen-bond acceptors (Lipinski definition) is 8. The zero-order valence-corrected chi connectivity index (χ0v) is 15.2. The molecule has 0 saturated carbocycles. The van der Waals surface area contributed by atoms with Crippen molar-refractivity contribution in [2.75, 3.05) is 26.1 Å². The van der Waals surface area contributed by atoms with Crippen molar-refractivity contribution in [2.24, 2.45) is 0 Å². The average Bonchev–Trinajstić information content (AvgIpc) is 3.27. The Labute approximate surface area is 160 Å². The molecule has 1 amide bonds. The van der Waals surface area contributed by atoms with Crippen LogP contribution >= 0.6 is 0 Å². The van der Waals surface area contributed by atoms with E-state index in [0.29, 0.717) is 22.9 Å². The van der Waals surface area contributed by atoms with Crippen molar-refractivity contribution in [3.05, 3.63) is 54.4 Å². The number of carbonyl (C=O) groups excluding carboxylic acids is 2. The Bertz CT molecular complexity index is 974. The summed E-state index contributed by atoms with van der Waals surface area (Å²) in [5, 5.41) is 13.5. The van der Waals surface area contributed by atoms with Crippen molar-refractivity contribution in [1.29, 1.82) is 0 Å². The molecule has 0 aliphatic rings. The third kappa shape index (κ3) is 4.23. The standard InChI is InChI=1S/C18H17N5O5/c1-26-12-7-8-14(16(9-12)27-2)20-17(24)10-28-18(25)13-5-3-4-6-15(13)23-11-19-21-22-23/h3-9,11H,10H2,1-2H3,(H,20,24). The lowest BCUT2D eigenvalue weighted by Gasteiger charge is -2.12. The van der Waals surface area contributed by atoms with Crippen LogP contribution in [0.2, 0.25) is 0 Å². The van der Waals surface area contributed by atoms with Gasteiger partial charge in [-0.2, -0.15) is 4.68 Å². The molecule has 0 saturated heterocycles. The Morgan fingerprint density at radius 2 is 1.93 bits per heavy atom. The second kappa shape index (κ2) is 8.62. The van der Waals surface area contributed by atoms with Crippen molar-refractivity contribution in [1.82, 2.24) is 20.2 Å². The summed E-state index contributed by atoms with van der Waals surface area (Å²) in [7, 11) is 3.00. The van der Waals surface area contributed by atoms with E-state index >= 15 is 0 Å². The van der Waals surface area contributed by atoms with Crippen LogP contribution in [-0.4, -0.2) is 52.9 Å². The van der Waals surface area contributed by atoms with Crippen LogP contribution in [0.15, 0.2) is 48.8 Å². The normalized spacial score (nSPS) is 10.2. The van der Waals surface area contributed by atoms with Crippen LogP contribution in [0.25, 0.3) is 5.69 Å². The van der Waals surface area contributed by atoms with Crippen molar-refractivity contribution in [3.8, 4) is 17.2 Å². The fraction of sp³-hybridized carbons (Fsp3) is 0.167. The number of tetrazole rings is 1. The quantitative estimate of drug-likeness (QED) is 0.610. The molecule has 0 aliphatic heterocycles. The molecular weight excluding hydrogens is 366 g/mol. The lowest BCUT2D eigenvalue weighted by Crippen LogP contribution is -2.22. The average molecular weight is 383 g/mol. The van der Waals surface area contributed by atoms with E-state index in [1.165, 1.54) is 25.2 Å². The van der Waals surface area contributed by atoms with E-state index in [-0.39, 0.29) is 5.56 Å². The van der Waals surface area contributed by atoms with Crippen molar-refractivity contribution in [2.45, 2.75) is 0 Å². The van der Waals surface area contributed by atoms with Gasteiger partial charge in [0.05, 0.1) is 31.2 Å². The third-order valence-corrected chi connectivity index (χ3v) is 3.74. The maximum absolute atomic E-state index is 12.4. The molecule has 144 valence electrons. The number of benzene rings is 2. The Hall–Kier alpha value is -3.95. The fourth-order valence-corrected chi connectivity index (χ4v) is 2.41. The van der Waals surface area contributed by atoms with Gasteiger partial charge in [0, 0.05) is 6.07 Å². The van der Waals surface area contributed by atoms with Crippen LogP contribution in [0.1, 0.15) is 10.4 Å². The van der Waals surface area contributed by atoms with Crippen LogP contribution in [0.3, 0.4) is 0 Å². The molecule has 0 atom stereocenters. The number of hydrogen-bond donors (Lipinski definition) is 1. The summed E-state index contributed by atoms with van der Waals surface area (Å²) in [6.07, 6.45) is 1.36. The predicted octanol–water partition coefficient (Wildman–Crippen LogP) is 1.47. The second-order valence-electron chi connectivity index (χ2n) is 5.46. The van der Waals surface area contributed by atoms with Gasteiger partial charge in [-0.05, 0) is 34.7 Å². The molecule has 10 heteroatoms. The first kappa shape index (κ1) is 18.8. The van der Waals surface area contributed by atoms with Crippen molar-refractivity contribution >= 4 is 17.6 Å². The van der Waals surface area contributed by atoms with Crippen LogP contribution in [0, 0.1) is 0 Å². The molecule has 1 N–H and O–H groups in total. The van der Waals surface area contributed by atoms with Gasteiger partial charge >= 0.3 is 5.97 Å². The molecule has 3 rings (SSSR count). The van der Waals surface area contributed by atoms with E-state index in [2.05, 4.69) is 20.8 Å². The van der Waals surface area contributed by atoms with Gasteiger partial charge in [-0.3, -0.25) is 4.79 Å². The molecule has 0 fully saturated rings. The van der Waals surface area contributed by atoms with E-state index in [1.807, 2.05) is 0 Å². The van der Waals surface area contributed by atoms with E-state index < -0.39 is 18.5 Å². The van der Waals surface area contributed by atoms with E-state index in [0.717, 1.165) is 0 Å². The van der Waals surface area contributed by atoms with Gasteiger partial charge in [-0.1, -0.05) is 12.1 Å². The van der Waals surface area contributed by atoms with Crippen LogP contribution in [0.4, 0.5) is 5.69 Å². The number of nitrogens with zero attached hydrogens (tertiary/aromatic N) is 4. The van der Waals surface area contributed by atoms with Gasteiger partial charge in [-0.15, -0.1) is 5.10 Å². The summed E-state index contributed by atoms with van der Waals surface area (Å²) in [5.41, 5.74) is 1.10. The Morgan fingerprint density at radius 1 is 1.11 bits per heavy atom. The molecule has 1 heterocycles. The first-order valence-electron chi connectivity index (χ1n) is 8.13. The van der Waals surface area contributed by atoms with Gasteiger partial charge in [0.15, 0.2) is 6.61 Å². The Morgan fingerprint density at radius 3 is 2.64 bits per heavy atom. The zero-order chi connectivity index (χ0) is 19.9. The van der Waals surface area contributed by atoms with Gasteiger partial charge in [0.25, 0.3) is 5.91 Å². The number of anilines is 1. The molecular formula is C18H17N5O5. The van der Waals surface area contributed by atoms with Crippen LogP contribution < -0.4 is 14.8 Å². The molecule has 2 aromatic carbocycles. The summed E-state index contributed by atoms with van der Waals surface area (Å²) in [6, 6.07) is 11.6. The van der Waals surface area contributed by atoms with Gasteiger partial charge in [0.2, 0.25) is 0 Å². The number of nitrogens with one attached hydrogen (secondary N) is 1. The lowest BCUT2D eigenvalue weighted by molar-refractivity contribution is -0.119. The number of aromatic nitrogens is 4. The smallest absolute Gasteiger partial charge is 0.340 e. The molecule has 0 aliphatic carbocycles. The first-order chi connectivity index (χ1) is 13.6. The maximum atomic E-state index is 12.4. The van der Waals surface area contributed by atoms with E-state index in [1.54, 1.807) is 42.5 Å². The lowest BCUT2D eigenvalue weighted by atomic mass is 10.2. The highest BCUT2D eigenvalue weighted by Crippen LogP contribution is 2.28. The van der Waals surface area contributed by atoms with E-state index in [9.17, 15) is 9.59 Å². The third-order valence-electron chi connectivity index (χ3n) is 3.74. The number of rotatable bonds is 7. The SMILES string of the molecule is COc1ccc(NC(=O)COC(=O)c2ccccc2-n2cnnn2)c(OC)c1. The molecule has 0 bridgehead atoms. The topological polar surface area (TPSA) is 117 Å². The van der Waals surface area contributed by atoms with Gasteiger partial charge in [-0.25, -0.2) is 4.79 Å². The summed E-state index contributed by atoms with van der Waals surface area (Å²) in [4.78, 5) is 24.6. The molecule has 1 aromatic heterocycles. The van der Waals surface area contributed by atoms with Crippen LogP contribution in [-0.2, 0) is 9.53 Å². The molecule has 0 radical (unpaired) electrons. The molecule has 28 heavy (non-hydrogen) atoms. The first-order valence-corrected chi connectivity index (χ1v) is 8.13. The Balaban J connectivity index is 1.65. The number of amides is 1. The minimum atomic E-state index is -0.678. The molecule has 3 aromatic rings. The minimum Gasteiger partial charge on any atom is -0.497 e. The summed E-state index contributed by atoms with van der Waals surface area (Å²) >= 11 is 0. The molecule has 0 spiro atoms. The number of ether oxygens (including phenoxy) is 3. The number of carbonyl (C=O) groups is 2. The fourth-order valence-electron chi connectivity index (χ4n) is 2.41. The molecule has 10 nitrogen and oxygen atoms in total. The van der Waals surface area contributed by atoms with Crippen molar-refractivity contribution in [3.63, 3.8) is 0 Å². The van der Waals surface area contributed by atoms with Crippen molar-refractivity contribution < 1.29 is 23.8 Å². The largest absolute Gasteiger partial charge is 0.497 e. The minimum absolute atomic E-state index is 0.227. The second-order valence-corrected chi connectivity index (χ2v) is 5.46. The maximum Gasteiger partial charge on any atom is 0.340 e. The summed E-state index contributed by atoms with van der Waals surface area (Å²) in [5.74, 6) is -0.191. The monoisotopic (exact) mass is 383 g/mol. The van der Waals surface area contributed by atoms with Gasteiger partial charge < -0.3 is 19.5 Å².